The van der Waals surface area contributed by atoms with Gasteiger partial charge in [-0.15, -0.1) is 0 Å². The summed E-state index contributed by atoms with van der Waals surface area (Å²) in [4.78, 5) is 23.4. The summed E-state index contributed by atoms with van der Waals surface area (Å²) in [6, 6.07) is 7.09. The third kappa shape index (κ3) is 3.22. The number of aryl methyl sites for hydroxylation is 1. The molecule has 0 aliphatic carbocycles. The molecule has 0 amide bonds. The van der Waals surface area contributed by atoms with E-state index in [0.717, 1.165) is 5.56 Å². The zero-order valence-corrected chi connectivity index (χ0v) is 11.6. The first-order valence-electron chi connectivity index (χ1n) is 6.01. The molecule has 0 unspecified atom stereocenters. The number of aliphatic carboxylic acids is 1. The van der Waals surface area contributed by atoms with Gasteiger partial charge in [0.05, 0.1) is 18.3 Å². The summed E-state index contributed by atoms with van der Waals surface area (Å²) < 4.78 is 4.71. The standard InChI is InChI=1S/C15H18O4/c1-9(2)12(15(18)19-4)13(14(16)17)11-8-6-5-7-10(11)3/h5-9H,1-4H3,(H,16,17)/b13-12-. The molecule has 0 aliphatic heterocycles. The number of hydrogen-bond donors (Lipinski definition) is 1. The molecule has 0 saturated carbocycles. The molecule has 1 N–H and O–H groups in total. The molecule has 0 heterocycles. The summed E-state index contributed by atoms with van der Waals surface area (Å²) in [5.41, 5.74) is 1.55. The third-order valence-electron chi connectivity index (χ3n) is 2.88. The maximum atomic E-state index is 11.8. The fourth-order valence-corrected chi connectivity index (χ4v) is 1.97. The predicted octanol–water partition coefficient (Wildman–Crippen LogP) is 2.66. The van der Waals surface area contributed by atoms with Gasteiger partial charge in [-0.2, -0.15) is 0 Å². The summed E-state index contributed by atoms with van der Waals surface area (Å²) in [5.74, 6) is -1.96. The number of carbonyl (C=O) groups is 2. The van der Waals surface area contributed by atoms with E-state index in [0.29, 0.717) is 5.56 Å². The molecule has 0 fully saturated rings. The Hall–Kier alpha value is -2.10. The first-order valence-corrected chi connectivity index (χ1v) is 6.01. The smallest absolute Gasteiger partial charge is 0.336 e. The Morgan fingerprint density at radius 3 is 2.21 bits per heavy atom. The largest absolute Gasteiger partial charge is 0.478 e. The molecular formula is C15H18O4. The molecule has 0 saturated heterocycles. The highest BCUT2D eigenvalue weighted by atomic mass is 16.5. The van der Waals surface area contributed by atoms with E-state index < -0.39 is 11.9 Å². The zero-order chi connectivity index (χ0) is 14.6. The Balaban J connectivity index is 3.61. The number of carbonyl (C=O) groups excluding carboxylic acids is 1. The molecule has 1 rings (SSSR count). The summed E-state index contributed by atoms with van der Waals surface area (Å²) in [6.45, 7) is 5.36. The van der Waals surface area contributed by atoms with E-state index in [1.807, 2.05) is 19.1 Å². The molecule has 0 aliphatic rings. The number of methoxy groups -OCH3 is 1. The van der Waals surface area contributed by atoms with Crippen molar-refractivity contribution in [1.82, 2.24) is 0 Å². The minimum Gasteiger partial charge on any atom is -0.478 e. The molecule has 4 heteroatoms. The van der Waals surface area contributed by atoms with Crippen LogP contribution in [0.4, 0.5) is 0 Å². The van der Waals surface area contributed by atoms with Gasteiger partial charge in [-0.3, -0.25) is 0 Å². The van der Waals surface area contributed by atoms with Gasteiger partial charge in [0.2, 0.25) is 0 Å². The average molecular weight is 262 g/mol. The van der Waals surface area contributed by atoms with Gasteiger partial charge < -0.3 is 9.84 Å². The van der Waals surface area contributed by atoms with Crippen molar-refractivity contribution in [2.75, 3.05) is 7.11 Å². The van der Waals surface area contributed by atoms with Gasteiger partial charge in [0.15, 0.2) is 0 Å². The lowest BCUT2D eigenvalue weighted by atomic mass is 9.90. The fraction of sp³-hybridized carbons (Fsp3) is 0.333. The van der Waals surface area contributed by atoms with E-state index in [4.69, 9.17) is 4.74 Å². The van der Waals surface area contributed by atoms with Crippen molar-refractivity contribution in [1.29, 1.82) is 0 Å². The molecule has 19 heavy (non-hydrogen) atoms. The summed E-state index contributed by atoms with van der Waals surface area (Å²) in [6.07, 6.45) is 0. The van der Waals surface area contributed by atoms with Crippen molar-refractivity contribution in [2.45, 2.75) is 20.8 Å². The molecule has 0 radical (unpaired) electrons. The summed E-state index contributed by atoms with van der Waals surface area (Å²) in [7, 11) is 1.25. The van der Waals surface area contributed by atoms with E-state index in [2.05, 4.69) is 0 Å². The van der Waals surface area contributed by atoms with Crippen molar-refractivity contribution in [3.63, 3.8) is 0 Å². The van der Waals surface area contributed by atoms with Crippen LogP contribution >= 0.6 is 0 Å². The number of benzene rings is 1. The lowest BCUT2D eigenvalue weighted by Crippen LogP contribution is -2.17. The summed E-state index contributed by atoms with van der Waals surface area (Å²) >= 11 is 0. The van der Waals surface area contributed by atoms with Crippen molar-refractivity contribution >= 4 is 17.5 Å². The monoisotopic (exact) mass is 262 g/mol. The second-order valence-corrected chi connectivity index (χ2v) is 4.56. The van der Waals surface area contributed by atoms with E-state index in [-0.39, 0.29) is 17.1 Å². The van der Waals surface area contributed by atoms with Crippen LogP contribution in [0.5, 0.6) is 0 Å². The highest BCUT2D eigenvalue weighted by molar-refractivity contribution is 6.22. The van der Waals surface area contributed by atoms with Gasteiger partial charge >= 0.3 is 11.9 Å². The number of esters is 1. The SMILES string of the molecule is COC(=O)/C(=C(\C(=O)O)c1ccccc1C)C(C)C. The zero-order valence-electron chi connectivity index (χ0n) is 11.6. The van der Waals surface area contributed by atoms with Crippen LogP contribution in [-0.4, -0.2) is 24.2 Å². The number of carboxylic acid groups (broad SMARTS) is 1. The summed E-state index contributed by atoms with van der Waals surface area (Å²) in [5, 5.41) is 9.45. The van der Waals surface area contributed by atoms with Gasteiger partial charge in [-0.25, -0.2) is 9.59 Å². The minimum atomic E-state index is -1.12. The third-order valence-corrected chi connectivity index (χ3v) is 2.88. The van der Waals surface area contributed by atoms with E-state index in [9.17, 15) is 14.7 Å². The maximum absolute atomic E-state index is 11.8. The quantitative estimate of drug-likeness (QED) is 0.669. The highest BCUT2D eigenvalue weighted by Crippen LogP contribution is 2.27. The van der Waals surface area contributed by atoms with Gasteiger partial charge in [-0.05, 0) is 24.0 Å². The normalized spacial score (nSPS) is 12.1. The number of ether oxygens (including phenoxy) is 1. The van der Waals surface area contributed by atoms with Crippen LogP contribution in [0.2, 0.25) is 0 Å². The molecule has 1 aromatic carbocycles. The maximum Gasteiger partial charge on any atom is 0.336 e. The molecule has 0 aromatic heterocycles. The molecule has 0 atom stereocenters. The molecule has 4 nitrogen and oxygen atoms in total. The van der Waals surface area contributed by atoms with Gasteiger partial charge in [0.1, 0.15) is 0 Å². The number of carboxylic acids is 1. The predicted molar refractivity (Wildman–Crippen MR) is 72.6 cm³/mol. The van der Waals surface area contributed by atoms with Crippen molar-refractivity contribution in [2.24, 2.45) is 5.92 Å². The lowest BCUT2D eigenvalue weighted by molar-refractivity contribution is -0.137. The van der Waals surface area contributed by atoms with Crippen LogP contribution in [0.1, 0.15) is 25.0 Å². The van der Waals surface area contributed by atoms with Crippen molar-refractivity contribution < 1.29 is 19.4 Å². The molecule has 0 bridgehead atoms. The van der Waals surface area contributed by atoms with E-state index >= 15 is 0 Å². The van der Waals surface area contributed by atoms with E-state index in [1.54, 1.807) is 26.0 Å². The van der Waals surface area contributed by atoms with Crippen LogP contribution in [0.25, 0.3) is 5.57 Å². The topological polar surface area (TPSA) is 63.6 Å². The Labute approximate surface area is 112 Å². The van der Waals surface area contributed by atoms with Gasteiger partial charge in [0.25, 0.3) is 0 Å². The molecule has 102 valence electrons. The fourth-order valence-electron chi connectivity index (χ4n) is 1.97. The Bertz CT molecular complexity index is 527. The van der Waals surface area contributed by atoms with Crippen molar-refractivity contribution in [3.05, 3.63) is 41.0 Å². The van der Waals surface area contributed by atoms with Crippen molar-refractivity contribution in [3.8, 4) is 0 Å². The first kappa shape index (κ1) is 15.0. The Morgan fingerprint density at radius 2 is 1.79 bits per heavy atom. The minimum absolute atomic E-state index is 0.0138. The van der Waals surface area contributed by atoms with Crippen LogP contribution in [-0.2, 0) is 14.3 Å². The van der Waals surface area contributed by atoms with Gasteiger partial charge in [0, 0.05) is 0 Å². The molecule has 0 spiro atoms. The lowest BCUT2D eigenvalue weighted by Gasteiger charge is -2.15. The second-order valence-electron chi connectivity index (χ2n) is 4.56. The Kier molecular flexibility index (Phi) is 4.87. The van der Waals surface area contributed by atoms with Crippen LogP contribution in [0.3, 0.4) is 0 Å². The number of rotatable bonds is 4. The van der Waals surface area contributed by atoms with Crippen LogP contribution in [0, 0.1) is 12.8 Å². The second kappa shape index (κ2) is 6.18. The Morgan fingerprint density at radius 1 is 1.21 bits per heavy atom. The van der Waals surface area contributed by atoms with Gasteiger partial charge in [-0.1, -0.05) is 38.1 Å². The van der Waals surface area contributed by atoms with E-state index in [1.165, 1.54) is 7.11 Å². The number of hydrogen-bond acceptors (Lipinski definition) is 3. The molecular weight excluding hydrogens is 244 g/mol. The average Bonchev–Trinajstić information content (AvgIpc) is 2.35. The molecule has 1 aromatic rings. The van der Waals surface area contributed by atoms with Crippen LogP contribution in [0.15, 0.2) is 29.8 Å². The highest BCUT2D eigenvalue weighted by Gasteiger charge is 2.26. The first-order chi connectivity index (χ1) is 8.90. The van der Waals surface area contributed by atoms with Crippen LogP contribution < -0.4 is 0 Å².